The van der Waals surface area contributed by atoms with E-state index in [2.05, 4.69) is 12.2 Å². The molecular weight excluding hydrogens is 330 g/mol. The minimum absolute atomic E-state index is 0.00895. The van der Waals surface area contributed by atoms with Gasteiger partial charge in [-0.1, -0.05) is 38.3 Å². The van der Waals surface area contributed by atoms with Crippen LogP contribution in [0.25, 0.3) is 6.08 Å². The molecule has 0 aliphatic carbocycles. The van der Waals surface area contributed by atoms with Crippen molar-refractivity contribution < 1.29 is 19.1 Å². The number of carbonyl (C=O) groups is 2. The number of nitrogens with one attached hydrogen (secondary N) is 1. The molecule has 0 unspecified atom stereocenters. The van der Waals surface area contributed by atoms with Crippen molar-refractivity contribution in [3.05, 3.63) is 35.9 Å². The number of benzene rings is 1. The summed E-state index contributed by atoms with van der Waals surface area (Å²) in [6.07, 6.45) is 7.98. The first kappa shape index (κ1) is 21.7. The number of hydrogen-bond donors (Lipinski definition) is 1. The minimum atomic E-state index is -0.433. The number of esters is 1. The van der Waals surface area contributed by atoms with Crippen LogP contribution in [0.3, 0.4) is 0 Å². The third-order valence-electron chi connectivity index (χ3n) is 3.57. The molecule has 1 aromatic carbocycles. The van der Waals surface area contributed by atoms with Crippen molar-refractivity contribution in [3.8, 4) is 5.75 Å². The molecular formula is C21H31NO4. The average Bonchev–Trinajstić information content (AvgIpc) is 2.60. The number of hydrogen-bond acceptors (Lipinski definition) is 4. The Bertz CT molecular complexity index is 581. The third-order valence-corrected chi connectivity index (χ3v) is 3.57. The van der Waals surface area contributed by atoms with Gasteiger partial charge in [0.1, 0.15) is 12.4 Å². The summed E-state index contributed by atoms with van der Waals surface area (Å²) >= 11 is 0. The van der Waals surface area contributed by atoms with Gasteiger partial charge in [0.05, 0.1) is 12.6 Å². The van der Waals surface area contributed by atoms with Crippen molar-refractivity contribution in [2.24, 2.45) is 0 Å². The molecule has 0 heterocycles. The van der Waals surface area contributed by atoms with E-state index in [0.29, 0.717) is 13.0 Å². The standard InChI is InChI=1S/C21H31NO4/c1-4-5-6-7-11-20(23)22-14-15-25-21(24)13-12-18-9-8-10-19(16-18)26-17(2)3/h8-10,12-13,16-17H,4-7,11,14-15H2,1-3H3,(H,22,23)/b13-12+. The molecule has 0 bridgehead atoms. The summed E-state index contributed by atoms with van der Waals surface area (Å²) in [7, 11) is 0. The van der Waals surface area contributed by atoms with Gasteiger partial charge in [-0.15, -0.1) is 0 Å². The van der Waals surface area contributed by atoms with E-state index in [1.807, 2.05) is 38.1 Å². The zero-order valence-electron chi connectivity index (χ0n) is 16.1. The molecule has 0 saturated heterocycles. The first-order chi connectivity index (χ1) is 12.5. The van der Waals surface area contributed by atoms with Crippen molar-refractivity contribution in [1.29, 1.82) is 0 Å². The lowest BCUT2D eigenvalue weighted by molar-refractivity contribution is -0.138. The molecule has 0 fully saturated rings. The van der Waals surface area contributed by atoms with E-state index in [0.717, 1.165) is 37.0 Å². The van der Waals surface area contributed by atoms with Gasteiger partial charge in [-0.25, -0.2) is 4.79 Å². The largest absolute Gasteiger partial charge is 0.491 e. The van der Waals surface area contributed by atoms with Crippen molar-refractivity contribution in [2.45, 2.75) is 59.0 Å². The van der Waals surface area contributed by atoms with Crippen LogP contribution in [-0.2, 0) is 14.3 Å². The van der Waals surface area contributed by atoms with E-state index < -0.39 is 5.97 Å². The molecule has 0 spiro atoms. The van der Waals surface area contributed by atoms with Gasteiger partial charge in [-0.2, -0.15) is 0 Å². The smallest absolute Gasteiger partial charge is 0.330 e. The quantitative estimate of drug-likeness (QED) is 0.346. The molecule has 0 atom stereocenters. The SMILES string of the molecule is CCCCCCC(=O)NCCOC(=O)/C=C/c1cccc(OC(C)C)c1. The fourth-order valence-corrected chi connectivity index (χ4v) is 2.32. The van der Waals surface area contributed by atoms with Gasteiger partial charge in [-0.3, -0.25) is 4.79 Å². The second kappa shape index (κ2) is 13.0. The monoisotopic (exact) mass is 361 g/mol. The first-order valence-corrected chi connectivity index (χ1v) is 9.39. The van der Waals surface area contributed by atoms with Crippen LogP contribution in [0.15, 0.2) is 30.3 Å². The van der Waals surface area contributed by atoms with E-state index >= 15 is 0 Å². The van der Waals surface area contributed by atoms with Gasteiger partial charge in [0, 0.05) is 12.5 Å². The van der Waals surface area contributed by atoms with E-state index in [-0.39, 0.29) is 18.6 Å². The predicted molar refractivity (Wildman–Crippen MR) is 104 cm³/mol. The zero-order chi connectivity index (χ0) is 19.2. The van der Waals surface area contributed by atoms with Crippen molar-refractivity contribution in [3.63, 3.8) is 0 Å². The van der Waals surface area contributed by atoms with E-state index in [1.165, 1.54) is 6.08 Å². The van der Waals surface area contributed by atoms with Crippen LogP contribution >= 0.6 is 0 Å². The van der Waals surface area contributed by atoms with Crippen LogP contribution < -0.4 is 10.1 Å². The number of carbonyl (C=O) groups excluding carboxylic acids is 2. The summed E-state index contributed by atoms with van der Waals surface area (Å²) in [5.74, 6) is 0.337. The lowest BCUT2D eigenvalue weighted by Crippen LogP contribution is -2.27. The summed E-state index contributed by atoms with van der Waals surface area (Å²) < 4.78 is 10.7. The molecule has 0 saturated carbocycles. The van der Waals surface area contributed by atoms with Crippen LogP contribution in [-0.4, -0.2) is 31.1 Å². The van der Waals surface area contributed by atoms with Crippen molar-refractivity contribution in [1.82, 2.24) is 5.32 Å². The molecule has 1 rings (SSSR count). The topological polar surface area (TPSA) is 64.6 Å². The van der Waals surface area contributed by atoms with E-state index in [1.54, 1.807) is 6.08 Å². The van der Waals surface area contributed by atoms with E-state index in [9.17, 15) is 9.59 Å². The van der Waals surface area contributed by atoms with Crippen LogP contribution in [0, 0.1) is 0 Å². The maximum absolute atomic E-state index is 11.7. The molecule has 5 heteroatoms. The fourth-order valence-electron chi connectivity index (χ4n) is 2.32. The maximum atomic E-state index is 11.7. The molecule has 0 radical (unpaired) electrons. The number of ether oxygens (including phenoxy) is 2. The molecule has 0 aliphatic rings. The number of unbranched alkanes of at least 4 members (excludes halogenated alkanes) is 3. The summed E-state index contributed by atoms with van der Waals surface area (Å²) in [4.78, 5) is 23.3. The second-order valence-corrected chi connectivity index (χ2v) is 6.40. The average molecular weight is 361 g/mol. The summed E-state index contributed by atoms with van der Waals surface area (Å²) in [6, 6.07) is 7.50. The zero-order valence-corrected chi connectivity index (χ0v) is 16.1. The summed E-state index contributed by atoms with van der Waals surface area (Å²) in [5.41, 5.74) is 0.862. The van der Waals surface area contributed by atoms with E-state index in [4.69, 9.17) is 9.47 Å². The van der Waals surface area contributed by atoms with Gasteiger partial charge < -0.3 is 14.8 Å². The molecule has 0 aromatic heterocycles. The Morgan fingerprint density at radius 2 is 2.00 bits per heavy atom. The Hall–Kier alpha value is -2.30. The molecule has 1 aromatic rings. The highest BCUT2D eigenvalue weighted by atomic mass is 16.5. The minimum Gasteiger partial charge on any atom is -0.491 e. The lowest BCUT2D eigenvalue weighted by Gasteiger charge is -2.09. The molecule has 0 aliphatic heterocycles. The van der Waals surface area contributed by atoms with Crippen molar-refractivity contribution >= 4 is 18.0 Å². The van der Waals surface area contributed by atoms with Crippen molar-refractivity contribution in [2.75, 3.05) is 13.2 Å². The third kappa shape index (κ3) is 10.5. The molecule has 5 nitrogen and oxygen atoms in total. The Labute approximate surface area is 156 Å². The molecule has 1 amide bonds. The second-order valence-electron chi connectivity index (χ2n) is 6.40. The highest BCUT2D eigenvalue weighted by Gasteiger charge is 2.02. The van der Waals surface area contributed by atoms with Crippen LogP contribution in [0.5, 0.6) is 5.75 Å². The first-order valence-electron chi connectivity index (χ1n) is 9.39. The summed E-state index contributed by atoms with van der Waals surface area (Å²) in [5, 5.41) is 2.76. The predicted octanol–water partition coefficient (Wildman–Crippen LogP) is 4.12. The summed E-state index contributed by atoms with van der Waals surface area (Å²) in [6.45, 7) is 6.57. The van der Waals surface area contributed by atoms with Gasteiger partial charge in [0.2, 0.25) is 5.91 Å². The molecule has 26 heavy (non-hydrogen) atoms. The number of amides is 1. The van der Waals surface area contributed by atoms with Gasteiger partial charge in [0.25, 0.3) is 0 Å². The highest BCUT2D eigenvalue weighted by molar-refractivity contribution is 5.87. The maximum Gasteiger partial charge on any atom is 0.330 e. The van der Waals surface area contributed by atoms with Gasteiger partial charge in [-0.05, 0) is 44.0 Å². The Morgan fingerprint density at radius 1 is 1.19 bits per heavy atom. The number of rotatable bonds is 12. The van der Waals surface area contributed by atoms with Crippen LogP contribution in [0.4, 0.5) is 0 Å². The lowest BCUT2D eigenvalue weighted by atomic mass is 10.1. The Kier molecular flexibility index (Phi) is 10.9. The van der Waals surface area contributed by atoms with Crippen LogP contribution in [0.1, 0.15) is 58.4 Å². The normalized spacial score (nSPS) is 10.9. The Morgan fingerprint density at radius 3 is 2.73 bits per heavy atom. The highest BCUT2D eigenvalue weighted by Crippen LogP contribution is 2.15. The van der Waals surface area contributed by atoms with Gasteiger partial charge in [0.15, 0.2) is 0 Å². The molecule has 1 N–H and O–H groups in total. The Balaban J connectivity index is 2.23. The molecule has 144 valence electrons. The van der Waals surface area contributed by atoms with Crippen LogP contribution in [0.2, 0.25) is 0 Å². The fraction of sp³-hybridized carbons (Fsp3) is 0.524. The van der Waals surface area contributed by atoms with Gasteiger partial charge >= 0.3 is 5.97 Å².